The highest BCUT2D eigenvalue weighted by Crippen LogP contribution is 2.11. The van der Waals surface area contributed by atoms with Gasteiger partial charge < -0.3 is 20.1 Å². The van der Waals surface area contributed by atoms with Crippen molar-refractivity contribution in [2.75, 3.05) is 7.11 Å². The fourth-order valence-corrected chi connectivity index (χ4v) is 1.88. The molecule has 0 aromatic rings. The second kappa shape index (κ2) is 9.30. The lowest BCUT2D eigenvalue weighted by Crippen LogP contribution is -2.55. The Morgan fingerprint density at radius 2 is 1.58 bits per heavy atom. The fourth-order valence-electron chi connectivity index (χ4n) is 1.88. The summed E-state index contributed by atoms with van der Waals surface area (Å²) in [7, 11) is 1.25. The predicted molar refractivity (Wildman–Crippen MR) is 91.3 cm³/mol. The Bertz CT molecular complexity index is 468. The Hall–Kier alpha value is -2.05. The Morgan fingerprint density at radius 1 is 1.04 bits per heavy atom. The topological polar surface area (TPSA) is 93.7 Å². The van der Waals surface area contributed by atoms with E-state index in [0.29, 0.717) is 0 Å². The van der Waals surface area contributed by atoms with Gasteiger partial charge in [0.1, 0.15) is 17.7 Å². The van der Waals surface area contributed by atoms with E-state index in [1.807, 2.05) is 0 Å². The second-order valence-electron chi connectivity index (χ2n) is 6.97. The number of esters is 1. The fraction of sp³-hybridized carbons (Fsp3) is 0.706. The van der Waals surface area contributed by atoms with Gasteiger partial charge in [0.2, 0.25) is 5.91 Å². The molecule has 0 saturated heterocycles. The van der Waals surface area contributed by atoms with Crippen LogP contribution in [-0.4, -0.2) is 42.8 Å². The third-order valence-corrected chi connectivity index (χ3v) is 3.27. The van der Waals surface area contributed by atoms with Gasteiger partial charge >= 0.3 is 12.1 Å². The number of alkyl carbamates (subject to hydrolysis) is 1. The van der Waals surface area contributed by atoms with Gasteiger partial charge in [-0.1, -0.05) is 26.8 Å². The van der Waals surface area contributed by atoms with E-state index in [1.165, 1.54) is 7.11 Å². The lowest BCUT2D eigenvalue weighted by Gasteiger charge is -2.27. The summed E-state index contributed by atoms with van der Waals surface area (Å²) in [5.74, 6) is -1.58. The van der Waals surface area contributed by atoms with Gasteiger partial charge in [0, 0.05) is 5.92 Å². The molecule has 0 radical (unpaired) electrons. The summed E-state index contributed by atoms with van der Waals surface area (Å²) in [6.07, 6.45) is 0.857. The first-order valence-corrected chi connectivity index (χ1v) is 7.93. The Morgan fingerprint density at radius 3 is 1.96 bits per heavy atom. The smallest absolute Gasteiger partial charge is 0.408 e. The number of nitrogens with one attached hydrogen (secondary N) is 2. The third-order valence-electron chi connectivity index (χ3n) is 3.27. The molecule has 0 aliphatic heterocycles. The van der Waals surface area contributed by atoms with Crippen molar-refractivity contribution in [2.24, 2.45) is 11.8 Å². The normalized spacial score (nSPS) is 15.0. The number of carbonyl (C=O) groups excluding carboxylic acids is 3. The van der Waals surface area contributed by atoms with Crippen molar-refractivity contribution in [3.8, 4) is 0 Å². The molecular formula is C17H30N2O5. The van der Waals surface area contributed by atoms with Crippen molar-refractivity contribution < 1.29 is 23.9 Å². The summed E-state index contributed by atoms with van der Waals surface area (Å²) in [5, 5.41) is 5.15. The lowest BCUT2D eigenvalue weighted by molar-refractivity contribution is -0.146. The molecule has 0 aliphatic rings. The number of hydrogen-bond donors (Lipinski definition) is 2. The van der Waals surface area contributed by atoms with E-state index in [2.05, 4.69) is 17.2 Å². The molecular weight excluding hydrogens is 312 g/mol. The molecule has 0 rings (SSSR count). The number of ether oxygens (including phenoxy) is 2. The minimum Gasteiger partial charge on any atom is -0.467 e. The number of hydrogen-bond acceptors (Lipinski definition) is 5. The molecule has 0 unspecified atom stereocenters. The molecule has 0 aliphatic carbocycles. The summed E-state index contributed by atoms with van der Waals surface area (Å²) >= 11 is 0. The molecule has 138 valence electrons. The molecule has 0 fully saturated rings. The van der Waals surface area contributed by atoms with Gasteiger partial charge in [0.15, 0.2) is 0 Å². The zero-order valence-corrected chi connectivity index (χ0v) is 15.6. The van der Waals surface area contributed by atoms with Crippen LogP contribution >= 0.6 is 0 Å². The van der Waals surface area contributed by atoms with Gasteiger partial charge in [0.25, 0.3) is 0 Å². The summed E-state index contributed by atoms with van der Waals surface area (Å²) in [5.41, 5.74) is -0.673. The Kier molecular flexibility index (Phi) is 8.50. The van der Waals surface area contributed by atoms with Gasteiger partial charge in [-0.3, -0.25) is 4.79 Å². The van der Waals surface area contributed by atoms with Gasteiger partial charge in [-0.15, -0.1) is 6.58 Å². The third kappa shape index (κ3) is 7.48. The molecule has 24 heavy (non-hydrogen) atoms. The highest BCUT2D eigenvalue weighted by Gasteiger charge is 2.32. The quantitative estimate of drug-likeness (QED) is 0.545. The first-order chi connectivity index (χ1) is 10.9. The number of rotatable bonds is 7. The van der Waals surface area contributed by atoms with E-state index < -0.39 is 35.7 Å². The van der Waals surface area contributed by atoms with Crippen LogP contribution in [0, 0.1) is 11.8 Å². The molecule has 2 N–H and O–H groups in total. The van der Waals surface area contributed by atoms with Crippen LogP contribution in [-0.2, 0) is 19.1 Å². The zero-order chi connectivity index (χ0) is 19.1. The molecule has 2 amide bonds. The first kappa shape index (κ1) is 21.9. The maximum Gasteiger partial charge on any atom is 0.408 e. The van der Waals surface area contributed by atoms with Crippen molar-refractivity contribution in [3.05, 3.63) is 12.7 Å². The average Bonchev–Trinajstić information content (AvgIpc) is 2.46. The SMILES string of the molecule is C=C[C@@H](C)[C@@H](NC(=O)[C@@H](NC(=O)OC(C)(C)C)C(C)C)C(=O)OC. The monoisotopic (exact) mass is 342 g/mol. The second-order valence-corrected chi connectivity index (χ2v) is 6.97. The lowest BCUT2D eigenvalue weighted by atomic mass is 9.99. The number of methoxy groups -OCH3 is 1. The molecule has 3 atom stereocenters. The highest BCUT2D eigenvalue weighted by atomic mass is 16.6. The van der Waals surface area contributed by atoms with Crippen LogP contribution in [0.4, 0.5) is 4.79 Å². The van der Waals surface area contributed by atoms with Crippen molar-refractivity contribution in [3.63, 3.8) is 0 Å². The molecule has 0 spiro atoms. The van der Waals surface area contributed by atoms with E-state index in [4.69, 9.17) is 9.47 Å². The summed E-state index contributed by atoms with van der Waals surface area (Å²) in [4.78, 5) is 36.3. The van der Waals surface area contributed by atoms with E-state index in [1.54, 1.807) is 47.6 Å². The minimum atomic E-state index is -0.873. The van der Waals surface area contributed by atoms with Crippen LogP contribution in [0.3, 0.4) is 0 Å². The largest absolute Gasteiger partial charge is 0.467 e. The van der Waals surface area contributed by atoms with Crippen LogP contribution in [0.2, 0.25) is 0 Å². The average molecular weight is 342 g/mol. The molecule has 0 heterocycles. The molecule has 7 heteroatoms. The van der Waals surface area contributed by atoms with Crippen LogP contribution in [0.5, 0.6) is 0 Å². The van der Waals surface area contributed by atoms with Gasteiger partial charge in [-0.25, -0.2) is 9.59 Å². The van der Waals surface area contributed by atoms with Crippen molar-refractivity contribution in [1.82, 2.24) is 10.6 Å². The van der Waals surface area contributed by atoms with Crippen LogP contribution in [0.15, 0.2) is 12.7 Å². The van der Waals surface area contributed by atoms with Gasteiger partial charge in [-0.2, -0.15) is 0 Å². The van der Waals surface area contributed by atoms with E-state index in [0.717, 1.165) is 0 Å². The van der Waals surface area contributed by atoms with Crippen LogP contribution in [0.25, 0.3) is 0 Å². The summed E-state index contributed by atoms with van der Waals surface area (Å²) < 4.78 is 9.88. The predicted octanol–water partition coefficient (Wildman–Crippen LogP) is 2.02. The van der Waals surface area contributed by atoms with E-state index in [-0.39, 0.29) is 11.8 Å². The molecule has 0 aromatic heterocycles. The van der Waals surface area contributed by atoms with Crippen molar-refractivity contribution in [1.29, 1.82) is 0 Å². The van der Waals surface area contributed by atoms with Crippen molar-refractivity contribution >= 4 is 18.0 Å². The number of amides is 2. The maximum absolute atomic E-state index is 12.5. The van der Waals surface area contributed by atoms with Gasteiger partial charge in [-0.05, 0) is 26.7 Å². The molecule has 0 bridgehead atoms. The molecule has 7 nitrogen and oxygen atoms in total. The van der Waals surface area contributed by atoms with Crippen molar-refractivity contribution in [2.45, 2.75) is 59.2 Å². The van der Waals surface area contributed by atoms with E-state index >= 15 is 0 Å². The summed E-state index contributed by atoms with van der Waals surface area (Å²) in [6.45, 7) is 14.1. The van der Waals surface area contributed by atoms with Crippen LogP contribution < -0.4 is 10.6 Å². The van der Waals surface area contributed by atoms with Gasteiger partial charge in [0.05, 0.1) is 7.11 Å². The highest BCUT2D eigenvalue weighted by molar-refractivity contribution is 5.90. The van der Waals surface area contributed by atoms with Crippen LogP contribution in [0.1, 0.15) is 41.5 Å². The first-order valence-electron chi connectivity index (χ1n) is 7.93. The zero-order valence-electron chi connectivity index (χ0n) is 15.6. The standard InChI is InChI=1S/C17H30N2O5/c1-9-11(4)13(15(21)23-8)18-14(20)12(10(2)3)19-16(22)24-17(5,6)7/h9-13H,1H2,2-8H3,(H,18,20)(H,19,22)/t11-,12+,13-/m1/s1. The maximum atomic E-state index is 12.5. The van der Waals surface area contributed by atoms with E-state index in [9.17, 15) is 14.4 Å². The Labute approximate surface area is 144 Å². The summed E-state index contributed by atoms with van der Waals surface area (Å²) in [6, 6.07) is -1.72. The number of carbonyl (C=O) groups is 3. The molecule has 0 aromatic carbocycles. The Balaban J connectivity index is 5.11. The minimum absolute atomic E-state index is 0.199. The molecule has 0 saturated carbocycles.